The van der Waals surface area contributed by atoms with Crippen LogP contribution in [0.2, 0.25) is 0 Å². The first-order valence-corrected chi connectivity index (χ1v) is 14.9. The van der Waals surface area contributed by atoms with Crippen molar-refractivity contribution in [3.8, 4) is 11.1 Å². The third-order valence-corrected chi connectivity index (χ3v) is 9.63. The number of urea groups is 1. The number of aryl methyl sites for hydroxylation is 2. The molecule has 7 rings (SSSR count). The minimum Gasteiger partial charge on any atom is -0.388 e. The van der Waals surface area contributed by atoms with Crippen LogP contribution in [-0.2, 0) is 45.9 Å². The van der Waals surface area contributed by atoms with Gasteiger partial charge in [0.2, 0.25) is 11.8 Å². The second-order valence-corrected chi connectivity index (χ2v) is 12.3. The average molecular weight is 601 g/mol. The maximum absolute atomic E-state index is 14.0. The summed E-state index contributed by atoms with van der Waals surface area (Å²) in [5, 5.41) is 20.8. The lowest BCUT2D eigenvalue weighted by Gasteiger charge is -2.34. The molecule has 1 aromatic heterocycles. The van der Waals surface area contributed by atoms with Gasteiger partial charge in [-0.25, -0.2) is 9.18 Å². The molecule has 44 heavy (non-hydrogen) atoms. The van der Waals surface area contributed by atoms with E-state index in [1.54, 1.807) is 35.1 Å². The fourth-order valence-corrected chi connectivity index (χ4v) is 7.03. The van der Waals surface area contributed by atoms with Crippen LogP contribution in [-0.4, -0.2) is 73.7 Å². The van der Waals surface area contributed by atoms with Gasteiger partial charge in [0, 0.05) is 25.4 Å². The fourth-order valence-electron chi connectivity index (χ4n) is 7.03. The second-order valence-electron chi connectivity index (χ2n) is 12.3. The summed E-state index contributed by atoms with van der Waals surface area (Å²) < 4.78 is 15.5. The molecular formula is C32H33FN6O5. The Kier molecular flexibility index (Phi) is 6.58. The molecule has 228 valence electrons. The Labute approximate surface area is 253 Å². The number of nitrogens with one attached hydrogen (secondary N) is 2. The van der Waals surface area contributed by atoms with Crippen molar-refractivity contribution in [2.45, 2.75) is 68.8 Å². The van der Waals surface area contributed by atoms with Crippen molar-refractivity contribution in [1.29, 1.82) is 0 Å². The number of likely N-dealkylation sites (N-methyl/N-ethyl adjacent to an activating group) is 1. The van der Waals surface area contributed by atoms with E-state index in [0.29, 0.717) is 44.1 Å². The zero-order chi connectivity index (χ0) is 30.8. The van der Waals surface area contributed by atoms with E-state index in [2.05, 4.69) is 15.7 Å². The monoisotopic (exact) mass is 600 g/mol. The molecule has 3 N–H and O–H groups in total. The standard InChI is InChI=1S/C32H33FN6O5/c1-34-27(40)17-37-15-23(14-35-37)19-3-6-25-21(12-19)8-9-32(25)29(42)39(30(43)36-32)18-28(41)38-16-22-2-5-24(33)13-20(22)4-7-26(38)31(44)10-11-31/h2-3,5-6,12-15,26,44H,4,7-11,16-18H2,1H3,(H,34,40)(H,36,43)/t26-,32+/m0/s1. The highest BCUT2D eigenvalue weighted by molar-refractivity contribution is 6.10. The number of hydrogen-bond acceptors (Lipinski definition) is 6. The summed E-state index contributed by atoms with van der Waals surface area (Å²) in [4.78, 5) is 55.3. The topological polar surface area (TPSA) is 137 Å². The average Bonchev–Trinajstić information content (AvgIpc) is 3.37. The summed E-state index contributed by atoms with van der Waals surface area (Å²) in [7, 11) is 1.57. The Morgan fingerprint density at radius 1 is 1.05 bits per heavy atom. The quantitative estimate of drug-likeness (QED) is 0.371. The number of benzene rings is 2. The highest BCUT2D eigenvalue weighted by Crippen LogP contribution is 2.45. The molecule has 3 heterocycles. The van der Waals surface area contributed by atoms with Gasteiger partial charge in [0.05, 0.1) is 17.8 Å². The third kappa shape index (κ3) is 4.64. The Hall–Kier alpha value is -4.58. The minimum absolute atomic E-state index is 0.0994. The van der Waals surface area contributed by atoms with Crippen LogP contribution in [0.1, 0.15) is 47.9 Å². The number of aromatic nitrogens is 2. The maximum atomic E-state index is 14.0. The number of rotatable bonds is 6. The van der Waals surface area contributed by atoms with Crippen LogP contribution >= 0.6 is 0 Å². The van der Waals surface area contributed by atoms with Gasteiger partial charge < -0.3 is 20.6 Å². The molecule has 2 aliphatic heterocycles. The molecule has 1 saturated heterocycles. The summed E-state index contributed by atoms with van der Waals surface area (Å²) in [6.45, 7) is -0.183. The lowest BCUT2D eigenvalue weighted by atomic mass is 9.90. The van der Waals surface area contributed by atoms with Crippen molar-refractivity contribution >= 4 is 23.8 Å². The summed E-state index contributed by atoms with van der Waals surface area (Å²) in [6, 6.07) is 9.02. The molecule has 2 fully saturated rings. The van der Waals surface area contributed by atoms with Crippen molar-refractivity contribution in [1.82, 2.24) is 30.2 Å². The number of nitrogens with zero attached hydrogens (tertiary/aromatic N) is 4. The second kappa shape index (κ2) is 10.3. The van der Waals surface area contributed by atoms with Crippen LogP contribution in [0.25, 0.3) is 11.1 Å². The van der Waals surface area contributed by atoms with Gasteiger partial charge in [0.15, 0.2) is 0 Å². The number of amides is 5. The summed E-state index contributed by atoms with van der Waals surface area (Å²) in [5.74, 6) is -1.42. The lowest BCUT2D eigenvalue weighted by molar-refractivity contribution is -0.143. The Morgan fingerprint density at radius 2 is 1.86 bits per heavy atom. The summed E-state index contributed by atoms with van der Waals surface area (Å²) in [6.07, 6.45) is 6.47. The molecule has 0 radical (unpaired) electrons. The number of fused-ring (bicyclic) bond motifs is 3. The van der Waals surface area contributed by atoms with Gasteiger partial charge in [-0.3, -0.25) is 24.0 Å². The number of hydrogen-bond donors (Lipinski definition) is 3. The van der Waals surface area contributed by atoms with Crippen molar-refractivity contribution in [2.24, 2.45) is 0 Å². The highest BCUT2D eigenvalue weighted by Gasteiger charge is 2.57. The van der Waals surface area contributed by atoms with Crippen LogP contribution in [0.4, 0.5) is 9.18 Å². The van der Waals surface area contributed by atoms with Crippen molar-refractivity contribution in [2.75, 3.05) is 13.6 Å². The van der Waals surface area contributed by atoms with E-state index in [9.17, 15) is 28.7 Å². The maximum Gasteiger partial charge on any atom is 0.325 e. The van der Waals surface area contributed by atoms with Gasteiger partial charge in [0.25, 0.3) is 5.91 Å². The molecule has 1 saturated carbocycles. The first-order chi connectivity index (χ1) is 21.1. The molecule has 0 bridgehead atoms. The van der Waals surface area contributed by atoms with Gasteiger partial charge in [-0.2, -0.15) is 5.10 Å². The molecule has 12 heteroatoms. The SMILES string of the molecule is CNC(=O)Cn1cc(-c2ccc3c(c2)CC[C@@]32NC(=O)N(CC(=O)N3Cc4ccc(F)cc4CC[C@H]3C3(O)CC3)C2=O)cn1. The van der Waals surface area contributed by atoms with Crippen molar-refractivity contribution in [3.63, 3.8) is 0 Å². The predicted octanol–water partition coefficient (Wildman–Crippen LogP) is 2.00. The van der Waals surface area contributed by atoms with Gasteiger partial charge in [0.1, 0.15) is 24.4 Å². The van der Waals surface area contributed by atoms with Crippen LogP contribution in [0.3, 0.4) is 0 Å². The molecule has 3 aromatic rings. The van der Waals surface area contributed by atoms with E-state index in [0.717, 1.165) is 32.7 Å². The summed E-state index contributed by atoms with van der Waals surface area (Å²) in [5.41, 5.74) is 2.61. The Balaban J connectivity index is 1.11. The van der Waals surface area contributed by atoms with Crippen molar-refractivity contribution < 1.29 is 28.7 Å². The van der Waals surface area contributed by atoms with Crippen LogP contribution < -0.4 is 10.6 Å². The number of imide groups is 1. The number of aliphatic hydroxyl groups is 1. The summed E-state index contributed by atoms with van der Waals surface area (Å²) >= 11 is 0. The van der Waals surface area contributed by atoms with E-state index in [1.807, 2.05) is 18.2 Å². The van der Waals surface area contributed by atoms with Gasteiger partial charge >= 0.3 is 6.03 Å². The molecule has 4 aliphatic rings. The lowest BCUT2D eigenvalue weighted by Crippen LogP contribution is -2.51. The van der Waals surface area contributed by atoms with Gasteiger partial charge in [-0.15, -0.1) is 0 Å². The third-order valence-electron chi connectivity index (χ3n) is 9.63. The first kappa shape index (κ1) is 28.2. The molecule has 0 unspecified atom stereocenters. The largest absolute Gasteiger partial charge is 0.388 e. The molecule has 2 atom stereocenters. The van der Waals surface area contributed by atoms with Gasteiger partial charge in [-0.1, -0.05) is 24.3 Å². The van der Waals surface area contributed by atoms with Crippen molar-refractivity contribution in [3.05, 3.63) is 76.9 Å². The van der Waals surface area contributed by atoms with Crippen LogP contribution in [0, 0.1) is 5.82 Å². The number of carbonyl (C=O) groups is 4. The van der Waals surface area contributed by atoms with Crippen LogP contribution in [0.5, 0.6) is 0 Å². The molecular weight excluding hydrogens is 567 g/mol. The number of halogens is 1. The molecule has 5 amide bonds. The fraction of sp³-hybridized carbons (Fsp3) is 0.406. The van der Waals surface area contributed by atoms with Gasteiger partial charge in [-0.05, 0) is 78.5 Å². The molecule has 2 aromatic carbocycles. The zero-order valence-electron chi connectivity index (χ0n) is 24.3. The smallest absolute Gasteiger partial charge is 0.325 e. The molecule has 2 aliphatic carbocycles. The van der Waals surface area contributed by atoms with E-state index >= 15 is 0 Å². The van der Waals surface area contributed by atoms with E-state index in [4.69, 9.17) is 0 Å². The van der Waals surface area contributed by atoms with E-state index in [-0.39, 0.29) is 24.8 Å². The predicted molar refractivity (Wildman–Crippen MR) is 155 cm³/mol. The molecule has 1 spiro atoms. The Morgan fingerprint density at radius 3 is 2.64 bits per heavy atom. The Bertz CT molecular complexity index is 1720. The van der Waals surface area contributed by atoms with Crippen LogP contribution in [0.15, 0.2) is 48.8 Å². The normalized spacial score (nSPS) is 23.3. The van der Waals surface area contributed by atoms with E-state index in [1.165, 1.54) is 12.1 Å². The van der Waals surface area contributed by atoms with E-state index < -0.39 is 41.6 Å². The molecule has 11 nitrogen and oxygen atoms in total. The highest BCUT2D eigenvalue weighted by atomic mass is 19.1. The minimum atomic E-state index is -1.26. The number of carbonyl (C=O) groups excluding carboxylic acids is 4. The zero-order valence-corrected chi connectivity index (χ0v) is 24.3. The first-order valence-electron chi connectivity index (χ1n) is 14.9.